The molecule has 1 atom stereocenters. The molecule has 2 aliphatic rings. The van der Waals surface area contributed by atoms with Crippen molar-refractivity contribution in [2.45, 2.75) is 57.0 Å². The van der Waals surface area contributed by atoms with Crippen LogP contribution in [0.1, 0.15) is 43.2 Å². The Morgan fingerprint density at radius 2 is 2.24 bits per heavy atom. The maximum atomic E-state index is 12.3. The highest BCUT2D eigenvalue weighted by Crippen LogP contribution is 2.39. The number of rotatable bonds is 5. The Hall–Kier alpha value is -1.35. The normalized spacial score (nSPS) is 24.0. The molecule has 1 aliphatic heterocycles. The number of nitrogens with one attached hydrogen (secondary N) is 1. The Morgan fingerprint density at radius 3 is 2.86 bits per heavy atom. The van der Waals surface area contributed by atoms with Crippen molar-refractivity contribution in [1.82, 2.24) is 10.2 Å². The third-order valence-electron chi connectivity index (χ3n) is 4.98. The first-order valence-corrected chi connectivity index (χ1v) is 8.13. The van der Waals surface area contributed by atoms with Crippen LogP contribution in [0.5, 0.6) is 0 Å². The van der Waals surface area contributed by atoms with Crippen LogP contribution in [-0.4, -0.2) is 36.0 Å². The monoisotopic (exact) mass is 286 g/mol. The molecule has 2 fully saturated rings. The van der Waals surface area contributed by atoms with Gasteiger partial charge in [0.05, 0.1) is 0 Å². The Balaban J connectivity index is 1.55. The van der Waals surface area contributed by atoms with Crippen LogP contribution in [0.2, 0.25) is 0 Å². The Morgan fingerprint density at radius 1 is 1.43 bits per heavy atom. The highest BCUT2D eigenvalue weighted by atomic mass is 16.1. The smallest absolute Gasteiger partial charge is 0.222 e. The van der Waals surface area contributed by atoms with Gasteiger partial charge in [-0.3, -0.25) is 4.79 Å². The van der Waals surface area contributed by atoms with Gasteiger partial charge in [-0.15, -0.1) is 0 Å². The van der Waals surface area contributed by atoms with Gasteiger partial charge < -0.3 is 10.2 Å². The van der Waals surface area contributed by atoms with E-state index in [1.807, 2.05) is 0 Å². The maximum Gasteiger partial charge on any atom is 0.222 e. The van der Waals surface area contributed by atoms with Crippen molar-refractivity contribution >= 4 is 5.91 Å². The molecule has 1 N–H and O–H groups in total. The standard InChI is InChI=1S/C18H26N2O/c1-14-5-3-6-15(11-14)13-18(8-9-18)19-17(21)12-16-7-4-10-20(16)2/h3,5-6,11,16H,4,7-10,12-13H2,1-2H3,(H,19,21). The molecule has 1 unspecified atom stereocenters. The van der Waals surface area contributed by atoms with Gasteiger partial charge in [-0.1, -0.05) is 29.8 Å². The summed E-state index contributed by atoms with van der Waals surface area (Å²) in [4.78, 5) is 14.6. The summed E-state index contributed by atoms with van der Waals surface area (Å²) in [6.45, 7) is 3.25. The van der Waals surface area contributed by atoms with Crippen molar-refractivity contribution in [3.63, 3.8) is 0 Å². The molecule has 3 heteroatoms. The highest BCUT2D eigenvalue weighted by Gasteiger charge is 2.44. The quantitative estimate of drug-likeness (QED) is 0.902. The van der Waals surface area contributed by atoms with Crippen LogP contribution in [0.25, 0.3) is 0 Å². The number of nitrogens with zero attached hydrogens (tertiary/aromatic N) is 1. The van der Waals surface area contributed by atoms with E-state index in [0.717, 1.165) is 32.2 Å². The number of hydrogen-bond donors (Lipinski definition) is 1. The zero-order valence-corrected chi connectivity index (χ0v) is 13.2. The molecular formula is C18H26N2O. The van der Waals surface area contributed by atoms with Crippen LogP contribution in [0.4, 0.5) is 0 Å². The predicted molar refractivity (Wildman–Crippen MR) is 85.3 cm³/mol. The van der Waals surface area contributed by atoms with E-state index < -0.39 is 0 Å². The van der Waals surface area contributed by atoms with E-state index in [1.165, 1.54) is 17.5 Å². The molecule has 3 nitrogen and oxygen atoms in total. The summed E-state index contributed by atoms with van der Waals surface area (Å²) < 4.78 is 0. The van der Waals surface area contributed by atoms with Gasteiger partial charge in [-0.2, -0.15) is 0 Å². The number of benzene rings is 1. The molecule has 1 heterocycles. The van der Waals surface area contributed by atoms with Gasteiger partial charge in [0, 0.05) is 18.0 Å². The second kappa shape index (κ2) is 5.80. The van der Waals surface area contributed by atoms with Gasteiger partial charge in [0.25, 0.3) is 0 Å². The molecule has 1 saturated carbocycles. The molecule has 0 spiro atoms. The van der Waals surface area contributed by atoms with Crippen molar-refractivity contribution in [3.05, 3.63) is 35.4 Å². The van der Waals surface area contributed by atoms with E-state index in [-0.39, 0.29) is 11.4 Å². The fourth-order valence-corrected chi connectivity index (χ4v) is 3.51. The van der Waals surface area contributed by atoms with Crippen LogP contribution in [0.15, 0.2) is 24.3 Å². The van der Waals surface area contributed by atoms with Gasteiger partial charge >= 0.3 is 0 Å². The minimum atomic E-state index is 0.0437. The maximum absolute atomic E-state index is 12.3. The van der Waals surface area contributed by atoms with Gasteiger partial charge in [0.1, 0.15) is 0 Å². The second-order valence-corrected chi connectivity index (χ2v) is 6.98. The molecule has 1 aromatic rings. The number of carbonyl (C=O) groups is 1. The van der Waals surface area contributed by atoms with Crippen LogP contribution in [0.3, 0.4) is 0 Å². The second-order valence-electron chi connectivity index (χ2n) is 6.98. The lowest BCUT2D eigenvalue weighted by Gasteiger charge is -2.22. The van der Waals surface area contributed by atoms with Crippen molar-refractivity contribution < 1.29 is 4.79 Å². The number of likely N-dealkylation sites (tertiary alicyclic amines) is 1. The average molecular weight is 286 g/mol. The first-order chi connectivity index (χ1) is 10.1. The molecule has 114 valence electrons. The average Bonchev–Trinajstić information content (AvgIpc) is 3.04. The summed E-state index contributed by atoms with van der Waals surface area (Å²) in [5.41, 5.74) is 2.68. The van der Waals surface area contributed by atoms with Gasteiger partial charge in [0.2, 0.25) is 5.91 Å². The zero-order chi connectivity index (χ0) is 14.9. The van der Waals surface area contributed by atoms with Crippen molar-refractivity contribution in [1.29, 1.82) is 0 Å². The molecule has 0 radical (unpaired) electrons. The van der Waals surface area contributed by atoms with Crippen molar-refractivity contribution in [2.75, 3.05) is 13.6 Å². The van der Waals surface area contributed by atoms with E-state index in [0.29, 0.717) is 12.5 Å². The third-order valence-corrected chi connectivity index (χ3v) is 4.98. The van der Waals surface area contributed by atoms with Crippen molar-refractivity contribution in [2.24, 2.45) is 0 Å². The summed E-state index contributed by atoms with van der Waals surface area (Å²) in [5, 5.41) is 3.32. The first-order valence-electron chi connectivity index (χ1n) is 8.13. The largest absolute Gasteiger partial charge is 0.350 e. The van der Waals surface area contributed by atoms with E-state index in [2.05, 4.69) is 48.5 Å². The highest BCUT2D eigenvalue weighted by molar-refractivity contribution is 5.78. The SMILES string of the molecule is Cc1cccc(CC2(NC(=O)CC3CCCN3C)CC2)c1. The van der Waals surface area contributed by atoms with Crippen LogP contribution >= 0.6 is 0 Å². The van der Waals surface area contributed by atoms with Gasteiger partial charge in [0.15, 0.2) is 0 Å². The lowest BCUT2D eigenvalue weighted by molar-refractivity contribution is -0.123. The molecule has 0 bridgehead atoms. The summed E-state index contributed by atoms with van der Waals surface area (Å²) in [5.74, 6) is 0.235. The molecular weight excluding hydrogens is 260 g/mol. The molecule has 1 amide bonds. The van der Waals surface area contributed by atoms with E-state index in [9.17, 15) is 4.79 Å². The zero-order valence-electron chi connectivity index (χ0n) is 13.2. The molecule has 1 saturated heterocycles. The Bertz CT molecular complexity index is 522. The van der Waals surface area contributed by atoms with E-state index in [1.54, 1.807) is 0 Å². The fourth-order valence-electron chi connectivity index (χ4n) is 3.51. The van der Waals surface area contributed by atoms with Crippen LogP contribution in [-0.2, 0) is 11.2 Å². The minimum Gasteiger partial charge on any atom is -0.350 e. The number of aryl methyl sites for hydroxylation is 1. The van der Waals surface area contributed by atoms with Gasteiger partial charge in [-0.05, 0) is 58.2 Å². The van der Waals surface area contributed by atoms with Crippen molar-refractivity contribution in [3.8, 4) is 0 Å². The van der Waals surface area contributed by atoms with E-state index in [4.69, 9.17) is 0 Å². The first kappa shape index (κ1) is 14.6. The fraction of sp³-hybridized carbons (Fsp3) is 0.611. The summed E-state index contributed by atoms with van der Waals surface area (Å²) in [6, 6.07) is 9.08. The molecule has 3 rings (SSSR count). The van der Waals surface area contributed by atoms with Crippen LogP contribution in [0, 0.1) is 6.92 Å². The number of amides is 1. The molecule has 1 aromatic carbocycles. The minimum absolute atomic E-state index is 0.0437. The lowest BCUT2D eigenvalue weighted by atomic mass is 10.0. The predicted octanol–water partition coefficient (Wildman–Crippen LogP) is 2.67. The number of hydrogen-bond acceptors (Lipinski definition) is 2. The topological polar surface area (TPSA) is 32.3 Å². The Kier molecular flexibility index (Phi) is 4.03. The Labute approximate surface area is 127 Å². The molecule has 1 aliphatic carbocycles. The number of carbonyl (C=O) groups excluding carboxylic acids is 1. The van der Waals surface area contributed by atoms with Crippen LogP contribution < -0.4 is 5.32 Å². The third kappa shape index (κ3) is 3.65. The summed E-state index contributed by atoms with van der Waals surface area (Å²) in [6.07, 6.45) is 6.26. The summed E-state index contributed by atoms with van der Waals surface area (Å²) >= 11 is 0. The molecule has 0 aromatic heterocycles. The van der Waals surface area contributed by atoms with Gasteiger partial charge in [-0.25, -0.2) is 0 Å². The summed E-state index contributed by atoms with van der Waals surface area (Å²) in [7, 11) is 2.13. The lowest BCUT2D eigenvalue weighted by Crippen LogP contribution is -2.41. The molecule has 21 heavy (non-hydrogen) atoms. The van der Waals surface area contributed by atoms with E-state index >= 15 is 0 Å².